The first-order valence-electron chi connectivity index (χ1n) is 5.94. The van der Waals surface area contributed by atoms with Crippen molar-refractivity contribution in [3.63, 3.8) is 0 Å². The molecule has 0 atom stereocenters. The van der Waals surface area contributed by atoms with E-state index in [1.807, 2.05) is 48.5 Å². The van der Waals surface area contributed by atoms with E-state index >= 15 is 0 Å². The van der Waals surface area contributed by atoms with E-state index in [0.717, 1.165) is 5.56 Å². The Bertz CT molecular complexity index is 737. The first kappa shape index (κ1) is 14.1. The Balaban J connectivity index is 0.000000452. The molecule has 4 nitrogen and oxygen atoms in total. The van der Waals surface area contributed by atoms with Crippen molar-refractivity contribution in [2.75, 3.05) is 0 Å². The van der Waals surface area contributed by atoms with Gasteiger partial charge in [0.2, 0.25) is 0 Å². The fourth-order valence-corrected chi connectivity index (χ4v) is 1.85. The van der Waals surface area contributed by atoms with Crippen LogP contribution in [-0.2, 0) is 0 Å². The lowest BCUT2D eigenvalue weighted by Crippen LogP contribution is -1.99. The van der Waals surface area contributed by atoms with Crippen LogP contribution < -0.4 is 5.43 Å². The van der Waals surface area contributed by atoms with E-state index in [0.29, 0.717) is 16.7 Å². The van der Waals surface area contributed by atoms with Gasteiger partial charge in [0.25, 0.3) is 0 Å². The van der Waals surface area contributed by atoms with E-state index in [4.69, 9.17) is 14.5 Å². The van der Waals surface area contributed by atoms with Gasteiger partial charge in [-0.05, 0) is 12.1 Å². The van der Waals surface area contributed by atoms with E-state index in [2.05, 4.69) is 0 Å². The molecule has 2 N–H and O–H groups in total. The molecule has 0 saturated heterocycles. The van der Waals surface area contributed by atoms with Gasteiger partial charge in [-0.15, -0.1) is 0 Å². The van der Waals surface area contributed by atoms with Crippen molar-refractivity contribution in [1.82, 2.24) is 0 Å². The highest BCUT2D eigenvalue weighted by Crippen LogP contribution is 2.21. The number of para-hydroxylation sites is 1. The lowest BCUT2D eigenvalue weighted by molar-refractivity contribution is 0.448. The Kier molecular flexibility index (Phi) is 4.71. The maximum atomic E-state index is 11.9. The van der Waals surface area contributed by atoms with E-state index in [1.165, 1.54) is 6.07 Å². The molecular weight excluding hydrogens is 255 g/mol. The lowest BCUT2D eigenvalue weighted by atomic mass is 10.1. The fraction of sp³-hybridized carbons (Fsp3) is 0. The molecule has 99 valence electrons. The fourth-order valence-electron chi connectivity index (χ4n) is 1.85. The van der Waals surface area contributed by atoms with E-state index < -0.39 is 0 Å². The minimum atomic E-state index is -0.00861. The summed E-state index contributed by atoms with van der Waals surface area (Å²) in [6.45, 7) is 0. The predicted octanol–water partition coefficient (Wildman–Crippen LogP) is 1.97. The molecule has 0 aliphatic carbocycles. The van der Waals surface area contributed by atoms with E-state index in [-0.39, 0.29) is 13.1 Å². The van der Waals surface area contributed by atoms with Crippen LogP contribution in [-0.4, -0.2) is 17.7 Å². The zero-order valence-electron chi connectivity index (χ0n) is 10.6. The Hall–Kier alpha value is -2.37. The largest absolute Gasteiger partial charge is 0.482 e. The molecule has 0 spiro atoms. The van der Waals surface area contributed by atoms with Gasteiger partial charge in [0, 0.05) is 11.6 Å². The molecule has 1 heterocycles. The zero-order chi connectivity index (χ0) is 14.4. The number of rotatable bonds is 1. The smallest absolute Gasteiger partial charge is 0.456 e. The molecule has 0 saturated carbocycles. The summed E-state index contributed by atoms with van der Waals surface area (Å²) in [5.41, 5.74) is 1.53. The van der Waals surface area contributed by atoms with Gasteiger partial charge >= 0.3 is 7.69 Å². The topological polar surface area (TPSA) is 70.7 Å². The van der Waals surface area contributed by atoms with Crippen molar-refractivity contribution in [3.05, 3.63) is 70.9 Å². The standard InChI is InChI=1S/C15H10O2.BH2O2/c16-13-10-15(11-6-2-1-3-7-11)17-14-9-5-4-8-12(13)14;2-1-3/h1-10H;2-3H. The Morgan fingerprint density at radius 2 is 1.50 bits per heavy atom. The van der Waals surface area contributed by atoms with Crippen LogP contribution in [0, 0.1) is 0 Å². The van der Waals surface area contributed by atoms with Gasteiger partial charge in [0.1, 0.15) is 11.3 Å². The Labute approximate surface area is 116 Å². The number of hydrogen-bond donors (Lipinski definition) is 2. The van der Waals surface area contributed by atoms with Crippen LogP contribution in [0.25, 0.3) is 22.3 Å². The van der Waals surface area contributed by atoms with E-state index in [9.17, 15) is 4.79 Å². The quantitative estimate of drug-likeness (QED) is 0.661. The Morgan fingerprint density at radius 1 is 0.900 bits per heavy atom. The monoisotopic (exact) mass is 267 g/mol. The SMILES string of the molecule is O=c1cc(-c2ccccc2)oc2ccccc12.O[B]O. The molecule has 0 unspecified atom stereocenters. The van der Waals surface area contributed by atoms with Crippen LogP contribution >= 0.6 is 0 Å². The first-order chi connectivity index (χ1) is 9.76. The lowest BCUT2D eigenvalue weighted by Gasteiger charge is -2.02. The molecule has 2 aromatic carbocycles. The van der Waals surface area contributed by atoms with Crippen LogP contribution in [0.3, 0.4) is 0 Å². The van der Waals surface area contributed by atoms with Gasteiger partial charge < -0.3 is 14.5 Å². The van der Waals surface area contributed by atoms with Crippen LogP contribution in [0.4, 0.5) is 0 Å². The minimum absolute atomic E-state index is 0. The zero-order valence-corrected chi connectivity index (χ0v) is 10.6. The summed E-state index contributed by atoms with van der Waals surface area (Å²) in [5.74, 6) is 0.606. The summed E-state index contributed by atoms with van der Waals surface area (Å²) in [6, 6.07) is 18.4. The molecule has 0 aliphatic rings. The molecule has 0 fully saturated rings. The second-order valence-corrected chi connectivity index (χ2v) is 3.95. The van der Waals surface area contributed by atoms with Crippen molar-refractivity contribution in [3.8, 4) is 11.3 Å². The molecule has 0 aliphatic heterocycles. The molecule has 1 aromatic heterocycles. The summed E-state index contributed by atoms with van der Waals surface area (Å²) in [5, 5.41) is 14.6. The highest BCUT2D eigenvalue weighted by molar-refractivity contribution is 6.13. The third-order valence-electron chi connectivity index (χ3n) is 2.69. The van der Waals surface area contributed by atoms with Gasteiger partial charge in [0.05, 0.1) is 5.39 Å². The van der Waals surface area contributed by atoms with Gasteiger partial charge in [-0.1, -0.05) is 42.5 Å². The van der Waals surface area contributed by atoms with Crippen molar-refractivity contribution in [2.45, 2.75) is 0 Å². The van der Waals surface area contributed by atoms with Crippen LogP contribution in [0.5, 0.6) is 0 Å². The minimum Gasteiger partial charge on any atom is -0.456 e. The van der Waals surface area contributed by atoms with Crippen LogP contribution in [0.15, 0.2) is 69.9 Å². The average Bonchev–Trinajstić information content (AvgIpc) is 2.49. The summed E-state index contributed by atoms with van der Waals surface area (Å²) in [6.07, 6.45) is 0. The second-order valence-electron chi connectivity index (χ2n) is 3.95. The predicted molar refractivity (Wildman–Crippen MR) is 78.1 cm³/mol. The molecule has 0 amide bonds. The molecule has 20 heavy (non-hydrogen) atoms. The Morgan fingerprint density at radius 3 is 2.20 bits per heavy atom. The normalized spacial score (nSPS) is 9.70. The summed E-state index contributed by atoms with van der Waals surface area (Å²) < 4.78 is 5.73. The molecule has 3 rings (SSSR count). The van der Waals surface area contributed by atoms with Crippen LogP contribution in [0.1, 0.15) is 0 Å². The number of fused-ring (bicyclic) bond motifs is 1. The maximum Gasteiger partial charge on any atom is 0.482 e. The third-order valence-corrected chi connectivity index (χ3v) is 2.69. The second kappa shape index (κ2) is 6.70. The molecule has 1 radical (unpaired) electrons. The van der Waals surface area contributed by atoms with Gasteiger partial charge in [-0.2, -0.15) is 0 Å². The van der Waals surface area contributed by atoms with Crippen molar-refractivity contribution in [1.29, 1.82) is 0 Å². The van der Waals surface area contributed by atoms with Crippen molar-refractivity contribution < 1.29 is 14.5 Å². The van der Waals surface area contributed by atoms with Gasteiger partial charge in [0.15, 0.2) is 5.43 Å². The highest BCUT2D eigenvalue weighted by Gasteiger charge is 2.05. The number of benzene rings is 2. The van der Waals surface area contributed by atoms with Crippen molar-refractivity contribution >= 4 is 18.7 Å². The van der Waals surface area contributed by atoms with Gasteiger partial charge in [-0.25, -0.2) is 0 Å². The summed E-state index contributed by atoms with van der Waals surface area (Å²) >= 11 is 0. The molecule has 5 heteroatoms. The number of hydrogen-bond acceptors (Lipinski definition) is 4. The first-order valence-corrected chi connectivity index (χ1v) is 5.94. The summed E-state index contributed by atoms with van der Waals surface area (Å²) in [7, 11) is 0. The maximum absolute atomic E-state index is 11.9. The third kappa shape index (κ3) is 3.14. The van der Waals surface area contributed by atoms with Gasteiger partial charge in [-0.3, -0.25) is 4.79 Å². The summed E-state index contributed by atoms with van der Waals surface area (Å²) in [4.78, 5) is 11.9. The average molecular weight is 267 g/mol. The van der Waals surface area contributed by atoms with Crippen LogP contribution in [0.2, 0.25) is 0 Å². The van der Waals surface area contributed by atoms with Crippen molar-refractivity contribution in [2.24, 2.45) is 0 Å². The van der Waals surface area contributed by atoms with E-state index in [1.54, 1.807) is 6.07 Å². The highest BCUT2D eigenvalue weighted by atomic mass is 16.4. The molecular formula is C15H12BO4. The molecule has 0 bridgehead atoms. The molecule has 3 aromatic rings.